The first-order chi connectivity index (χ1) is 26.3. The number of rotatable bonds is 25. The Balaban J connectivity index is 1.60. The van der Waals surface area contributed by atoms with Gasteiger partial charge in [0.25, 0.3) is 0 Å². The number of hydrogen-bond donors (Lipinski definition) is 0. The molecule has 0 nitrogen and oxygen atoms in total. The van der Waals surface area contributed by atoms with Gasteiger partial charge in [-0.25, -0.2) is 0 Å². The third kappa shape index (κ3) is 13.0. The summed E-state index contributed by atoms with van der Waals surface area (Å²) in [5.41, 5.74) is 15.4. The Hall–Kier alpha value is -2.60. The van der Waals surface area contributed by atoms with Gasteiger partial charge in [-0.1, -0.05) is 166 Å². The molecule has 0 heterocycles. The van der Waals surface area contributed by atoms with Gasteiger partial charge < -0.3 is 0 Å². The first-order valence-corrected chi connectivity index (χ1v) is 23.3. The molecule has 3 aromatic rings. The van der Waals surface area contributed by atoms with Gasteiger partial charge in [-0.05, 0) is 164 Å². The maximum absolute atomic E-state index is 4.26. The van der Waals surface area contributed by atoms with E-state index in [1.54, 1.807) is 22.3 Å². The van der Waals surface area contributed by atoms with Gasteiger partial charge in [0.05, 0.1) is 0 Å². The summed E-state index contributed by atoms with van der Waals surface area (Å²) in [6.45, 7) is 20.7. The highest BCUT2D eigenvalue weighted by Crippen LogP contribution is 2.41. The molecular weight excluding hydrogens is 649 g/mol. The Morgan fingerprint density at radius 1 is 0.593 bits per heavy atom. The van der Waals surface area contributed by atoms with Crippen molar-refractivity contribution in [3.8, 4) is 22.3 Å². The van der Waals surface area contributed by atoms with E-state index in [9.17, 15) is 0 Å². The number of allylic oxidation sites excluding steroid dienone is 1. The summed E-state index contributed by atoms with van der Waals surface area (Å²) in [6, 6.07) is 22.3. The predicted octanol–water partition coefficient (Wildman–Crippen LogP) is 17.4. The van der Waals surface area contributed by atoms with Crippen LogP contribution >= 0.6 is 0 Å². The molecule has 0 bridgehead atoms. The minimum atomic E-state index is 0.518. The molecule has 1 aliphatic rings. The second kappa shape index (κ2) is 23.5. The molecule has 0 unspecified atom stereocenters. The maximum atomic E-state index is 4.26. The van der Waals surface area contributed by atoms with Crippen molar-refractivity contribution < 1.29 is 0 Å². The first-order valence-electron chi connectivity index (χ1n) is 23.3. The van der Waals surface area contributed by atoms with Gasteiger partial charge in [-0.15, -0.1) is 6.58 Å². The molecule has 1 saturated carbocycles. The maximum Gasteiger partial charge on any atom is -0.0152 e. The molecule has 54 heavy (non-hydrogen) atoms. The summed E-state index contributed by atoms with van der Waals surface area (Å²) in [4.78, 5) is 0. The van der Waals surface area contributed by atoms with E-state index in [1.807, 2.05) is 0 Å². The molecule has 0 N–H and O–H groups in total. The lowest BCUT2D eigenvalue weighted by molar-refractivity contribution is 0.206. The summed E-state index contributed by atoms with van der Waals surface area (Å²) in [5.74, 6) is 1.71. The van der Waals surface area contributed by atoms with Gasteiger partial charge in [0.1, 0.15) is 0 Å². The van der Waals surface area contributed by atoms with E-state index in [0.717, 1.165) is 31.1 Å². The third-order valence-corrected chi connectivity index (χ3v) is 13.8. The lowest BCUT2D eigenvalue weighted by Gasteiger charge is -2.32. The molecule has 298 valence electrons. The molecular formula is C54H82. The topological polar surface area (TPSA) is 0 Å². The lowest BCUT2D eigenvalue weighted by Crippen LogP contribution is -2.19. The van der Waals surface area contributed by atoms with Crippen LogP contribution in [0.15, 0.2) is 66.7 Å². The zero-order valence-electron chi connectivity index (χ0n) is 36.5. The fourth-order valence-corrected chi connectivity index (χ4v) is 9.90. The molecule has 0 aliphatic heterocycles. The molecule has 0 atom stereocenters. The quantitative estimate of drug-likeness (QED) is 0.0601. The standard InChI is InChI=1S/C54H82/c1-9-15-18-23-43-27-29-45(30-28-43)46-31-33-47(34-32-46)53-36-35-48(39-44(53)12-4)51-40-49(24-19-16-10-2)52(50(41-51)25-20-22-42(7)8)26-21-38-54(13-5,14-6)37-17-11-3/h31-36,39-41,43,45H,7,9-30,37-38H2,1-6,8H3. The van der Waals surface area contributed by atoms with Crippen LogP contribution in [0.3, 0.4) is 0 Å². The average Bonchev–Trinajstić information content (AvgIpc) is 3.20. The van der Waals surface area contributed by atoms with Gasteiger partial charge in [-0.2, -0.15) is 0 Å². The van der Waals surface area contributed by atoms with Crippen LogP contribution in [0.1, 0.15) is 211 Å². The van der Waals surface area contributed by atoms with Crippen LogP contribution < -0.4 is 0 Å². The number of unbranched alkanes of at least 4 members (excludes halogenated alkanes) is 5. The van der Waals surface area contributed by atoms with E-state index in [0.29, 0.717) is 5.41 Å². The van der Waals surface area contributed by atoms with Gasteiger partial charge in [0.15, 0.2) is 0 Å². The summed E-state index contributed by atoms with van der Waals surface area (Å²) < 4.78 is 0. The molecule has 0 heteroatoms. The van der Waals surface area contributed by atoms with Crippen LogP contribution in [0, 0.1) is 11.3 Å². The molecule has 0 radical (unpaired) electrons. The van der Waals surface area contributed by atoms with Gasteiger partial charge >= 0.3 is 0 Å². The van der Waals surface area contributed by atoms with E-state index >= 15 is 0 Å². The van der Waals surface area contributed by atoms with Gasteiger partial charge in [-0.3, -0.25) is 0 Å². The Kier molecular flexibility index (Phi) is 19.2. The molecule has 0 saturated heterocycles. The summed E-state index contributed by atoms with van der Waals surface area (Å²) in [5, 5.41) is 0. The highest BCUT2D eigenvalue weighted by atomic mass is 14.3. The van der Waals surface area contributed by atoms with E-state index < -0.39 is 0 Å². The Morgan fingerprint density at radius 2 is 1.19 bits per heavy atom. The molecule has 1 aliphatic carbocycles. The van der Waals surface area contributed by atoms with Crippen LogP contribution in [0.2, 0.25) is 0 Å². The fraction of sp³-hybridized carbons (Fsp3) is 0.630. The van der Waals surface area contributed by atoms with Crippen molar-refractivity contribution in [2.75, 3.05) is 0 Å². The molecule has 3 aromatic carbocycles. The number of aryl methyl sites for hydroxylation is 3. The Morgan fingerprint density at radius 3 is 1.80 bits per heavy atom. The minimum absolute atomic E-state index is 0.518. The van der Waals surface area contributed by atoms with Crippen molar-refractivity contribution in [1.82, 2.24) is 0 Å². The largest absolute Gasteiger partial charge is 0.100 e. The van der Waals surface area contributed by atoms with Crippen molar-refractivity contribution in [3.63, 3.8) is 0 Å². The number of benzene rings is 3. The zero-order valence-corrected chi connectivity index (χ0v) is 36.5. The van der Waals surface area contributed by atoms with Crippen molar-refractivity contribution in [1.29, 1.82) is 0 Å². The van der Waals surface area contributed by atoms with Crippen molar-refractivity contribution in [2.45, 2.75) is 208 Å². The number of hydrogen-bond acceptors (Lipinski definition) is 0. The van der Waals surface area contributed by atoms with E-state index in [1.165, 1.54) is 168 Å². The van der Waals surface area contributed by atoms with Crippen LogP contribution in [-0.2, 0) is 25.7 Å². The average molecular weight is 731 g/mol. The van der Waals surface area contributed by atoms with E-state index in [4.69, 9.17) is 0 Å². The molecule has 4 rings (SSSR count). The summed E-state index contributed by atoms with van der Waals surface area (Å²) in [6.07, 6.45) is 31.4. The van der Waals surface area contributed by atoms with E-state index in [-0.39, 0.29) is 0 Å². The second-order valence-corrected chi connectivity index (χ2v) is 17.8. The minimum Gasteiger partial charge on any atom is -0.100 e. The fourth-order valence-electron chi connectivity index (χ4n) is 9.90. The summed E-state index contributed by atoms with van der Waals surface area (Å²) >= 11 is 0. The molecule has 0 amide bonds. The summed E-state index contributed by atoms with van der Waals surface area (Å²) in [7, 11) is 0. The first kappa shape index (κ1) is 44.1. The normalized spacial score (nSPS) is 16.2. The van der Waals surface area contributed by atoms with Gasteiger partial charge in [0, 0.05) is 0 Å². The highest BCUT2D eigenvalue weighted by molar-refractivity contribution is 5.75. The zero-order chi connectivity index (χ0) is 38.8. The van der Waals surface area contributed by atoms with E-state index in [2.05, 4.69) is 110 Å². The SMILES string of the molecule is C=C(C)CCCc1cc(-c2ccc(-c3ccc(C4CCC(CCCCC)CC4)cc3)c(CC)c2)cc(CCCCC)c1CCCC(CC)(CC)CCCC. The monoisotopic (exact) mass is 731 g/mol. The van der Waals surface area contributed by atoms with Crippen molar-refractivity contribution in [3.05, 3.63) is 94.6 Å². The second-order valence-electron chi connectivity index (χ2n) is 17.8. The van der Waals surface area contributed by atoms with Crippen molar-refractivity contribution in [2.24, 2.45) is 11.3 Å². The van der Waals surface area contributed by atoms with Gasteiger partial charge in [0.2, 0.25) is 0 Å². The molecule has 1 fully saturated rings. The Bertz CT molecular complexity index is 1510. The van der Waals surface area contributed by atoms with Crippen molar-refractivity contribution >= 4 is 0 Å². The highest BCUT2D eigenvalue weighted by Gasteiger charge is 2.26. The van der Waals surface area contributed by atoms with Crippen LogP contribution in [-0.4, -0.2) is 0 Å². The van der Waals surface area contributed by atoms with Crippen LogP contribution in [0.5, 0.6) is 0 Å². The third-order valence-electron chi connectivity index (χ3n) is 13.8. The Labute approximate surface area is 335 Å². The molecule has 0 aromatic heterocycles. The lowest BCUT2D eigenvalue weighted by atomic mass is 9.73. The predicted molar refractivity (Wildman–Crippen MR) is 242 cm³/mol. The van der Waals surface area contributed by atoms with Crippen LogP contribution in [0.25, 0.3) is 22.3 Å². The smallest absolute Gasteiger partial charge is 0.0152 e. The molecule has 0 spiro atoms. The van der Waals surface area contributed by atoms with Crippen LogP contribution in [0.4, 0.5) is 0 Å².